The first-order valence-corrected chi connectivity index (χ1v) is 18.1. The van der Waals surface area contributed by atoms with Gasteiger partial charge in [0, 0.05) is 42.2 Å². The number of rotatable bonds is 5. The van der Waals surface area contributed by atoms with Gasteiger partial charge in [-0.05, 0) is 62.7 Å². The summed E-state index contributed by atoms with van der Waals surface area (Å²) in [6, 6.07) is 64.9. The van der Waals surface area contributed by atoms with Crippen LogP contribution in [0.5, 0.6) is 0 Å². The minimum absolute atomic E-state index is 0.727. The third-order valence-corrected chi connectivity index (χ3v) is 11.1. The Morgan fingerprint density at radius 1 is 0.353 bits per heavy atom. The van der Waals surface area contributed by atoms with Gasteiger partial charge in [0.05, 0.1) is 11.4 Å². The predicted molar refractivity (Wildman–Crippen MR) is 217 cm³/mol. The second kappa shape index (κ2) is 12.2. The molecule has 10 rings (SSSR count). The fraction of sp³-hybridized carbons (Fsp3) is 0. The SMILES string of the molecule is c1ccc(-c2cc(-c3ccc(-c4ccc5ccccc5c4)cc3)nc(-c3cc4cccc(-c5ccccc5)c4c4sc5ccccc5c34)n2)cc1. The summed E-state index contributed by atoms with van der Waals surface area (Å²) in [7, 11) is 0. The van der Waals surface area contributed by atoms with E-state index in [1.807, 2.05) is 17.4 Å². The van der Waals surface area contributed by atoms with Gasteiger partial charge in [0.2, 0.25) is 0 Å². The van der Waals surface area contributed by atoms with Crippen molar-refractivity contribution in [2.45, 2.75) is 0 Å². The van der Waals surface area contributed by atoms with Gasteiger partial charge in [0.25, 0.3) is 0 Å². The summed E-state index contributed by atoms with van der Waals surface area (Å²) in [6.07, 6.45) is 0. The molecule has 10 aromatic rings. The molecule has 0 atom stereocenters. The summed E-state index contributed by atoms with van der Waals surface area (Å²) in [5, 5.41) is 7.37. The Labute approximate surface area is 300 Å². The summed E-state index contributed by atoms with van der Waals surface area (Å²) in [5.41, 5.74) is 9.80. The first kappa shape index (κ1) is 29.5. The molecule has 0 bridgehead atoms. The van der Waals surface area contributed by atoms with Crippen molar-refractivity contribution in [2.75, 3.05) is 0 Å². The molecule has 238 valence electrons. The van der Waals surface area contributed by atoms with E-state index in [0.29, 0.717) is 0 Å². The molecule has 0 saturated carbocycles. The van der Waals surface area contributed by atoms with Gasteiger partial charge in [-0.2, -0.15) is 0 Å². The molecule has 51 heavy (non-hydrogen) atoms. The molecule has 0 radical (unpaired) electrons. The quantitative estimate of drug-likeness (QED) is 0.183. The summed E-state index contributed by atoms with van der Waals surface area (Å²) >= 11 is 1.85. The molecular formula is C48H30N2S. The van der Waals surface area contributed by atoms with Crippen LogP contribution in [0.15, 0.2) is 182 Å². The van der Waals surface area contributed by atoms with Crippen LogP contribution in [0, 0.1) is 0 Å². The standard InChI is InChI=1S/C48H30N2S/c1-3-13-33(14-4-1)39-20-11-18-38-29-41(46-40-19-9-10-21-44(40)51-47(46)45(38)39)48-49-42(34-15-5-2-6-16-34)30-43(50-48)35-25-22-32(23-26-35)37-27-24-31-12-7-8-17-36(31)28-37/h1-30H. The lowest BCUT2D eigenvalue weighted by Crippen LogP contribution is -1.97. The van der Waals surface area contributed by atoms with Gasteiger partial charge in [-0.3, -0.25) is 0 Å². The Kier molecular flexibility index (Phi) is 7.04. The molecule has 0 aliphatic heterocycles. The first-order valence-electron chi connectivity index (χ1n) is 17.2. The van der Waals surface area contributed by atoms with Crippen LogP contribution in [-0.2, 0) is 0 Å². The van der Waals surface area contributed by atoms with Crippen LogP contribution in [0.3, 0.4) is 0 Å². The molecule has 0 unspecified atom stereocenters. The average Bonchev–Trinajstić information content (AvgIpc) is 3.60. The smallest absolute Gasteiger partial charge is 0.161 e. The van der Waals surface area contributed by atoms with Crippen molar-refractivity contribution < 1.29 is 0 Å². The summed E-state index contributed by atoms with van der Waals surface area (Å²) < 4.78 is 2.52. The maximum atomic E-state index is 5.36. The van der Waals surface area contributed by atoms with Gasteiger partial charge in [-0.15, -0.1) is 11.3 Å². The zero-order valence-electron chi connectivity index (χ0n) is 27.6. The van der Waals surface area contributed by atoms with Crippen LogP contribution >= 0.6 is 11.3 Å². The number of hydrogen-bond donors (Lipinski definition) is 0. The van der Waals surface area contributed by atoms with Crippen LogP contribution in [-0.4, -0.2) is 9.97 Å². The molecule has 2 nitrogen and oxygen atoms in total. The van der Waals surface area contributed by atoms with Gasteiger partial charge < -0.3 is 0 Å². The van der Waals surface area contributed by atoms with E-state index in [9.17, 15) is 0 Å². The highest BCUT2D eigenvalue weighted by atomic mass is 32.1. The molecule has 0 spiro atoms. The maximum Gasteiger partial charge on any atom is 0.161 e. The molecule has 2 aromatic heterocycles. The summed E-state index contributed by atoms with van der Waals surface area (Å²) in [4.78, 5) is 10.7. The van der Waals surface area contributed by atoms with Gasteiger partial charge in [-0.1, -0.05) is 158 Å². The Balaban J connectivity index is 1.19. The number of hydrogen-bond acceptors (Lipinski definition) is 3. The van der Waals surface area contributed by atoms with Gasteiger partial charge in [0.15, 0.2) is 5.82 Å². The Morgan fingerprint density at radius 3 is 1.75 bits per heavy atom. The highest BCUT2D eigenvalue weighted by Gasteiger charge is 2.20. The van der Waals surface area contributed by atoms with Gasteiger partial charge in [-0.25, -0.2) is 9.97 Å². The topological polar surface area (TPSA) is 25.8 Å². The number of aromatic nitrogens is 2. The molecule has 0 N–H and O–H groups in total. The van der Waals surface area contributed by atoms with Gasteiger partial charge in [0.1, 0.15) is 0 Å². The van der Waals surface area contributed by atoms with Crippen molar-refractivity contribution in [1.82, 2.24) is 9.97 Å². The molecule has 8 aromatic carbocycles. The van der Waals surface area contributed by atoms with Crippen molar-refractivity contribution in [3.05, 3.63) is 182 Å². The predicted octanol–water partition coefficient (Wildman–Crippen LogP) is 13.5. The van der Waals surface area contributed by atoms with E-state index in [4.69, 9.17) is 9.97 Å². The minimum Gasteiger partial charge on any atom is -0.228 e. The minimum atomic E-state index is 0.727. The van der Waals surface area contributed by atoms with Crippen molar-refractivity contribution in [2.24, 2.45) is 0 Å². The van der Waals surface area contributed by atoms with E-state index < -0.39 is 0 Å². The number of benzene rings is 8. The van der Waals surface area contributed by atoms with Crippen LogP contribution < -0.4 is 0 Å². The molecule has 0 aliphatic carbocycles. The number of fused-ring (bicyclic) bond motifs is 6. The molecule has 0 amide bonds. The molecule has 0 saturated heterocycles. The fourth-order valence-corrected chi connectivity index (χ4v) is 8.67. The maximum absolute atomic E-state index is 5.36. The highest BCUT2D eigenvalue weighted by molar-refractivity contribution is 7.26. The molecule has 0 fully saturated rings. The monoisotopic (exact) mass is 666 g/mol. The van der Waals surface area contributed by atoms with Gasteiger partial charge >= 0.3 is 0 Å². The average molecular weight is 667 g/mol. The molecule has 2 heterocycles. The van der Waals surface area contributed by atoms with Crippen molar-refractivity contribution >= 4 is 53.1 Å². The van der Waals surface area contributed by atoms with Crippen LogP contribution in [0.4, 0.5) is 0 Å². The zero-order valence-corrected chi connectivity index (χ0v) is 28.4. The van der Waals surface area contributed by atoms with Crippen molar-refractivity contribution in [3.8, 4) is 56.2 Å². The Morgan fingerprint density at radius 2 is 0.961 bits per heavy atom. The summed E-state index contributed by atoms with van der Waals surface area (Å²) in [5.74, 6) is 0.727. The number of nitrogens with zero attached hydrogens (tertiary/aromatic N) is 2. The highest BCUT2D eigenvalue weighted by Crippen LogP contribution is 2.46. The zero-order chi connectivity index (χ0) is 33.7. The van der Waals surface area contributed by atoms with E-state index in [0.717, 1.165) is 33.9 Å². The second-order valence-electron chi connectivity index (χ2n) is 13.0. The second-order valence-corrected chi connectivity index (χ2v) is 14.0. The number of thiophene rings is 1. The lowest BCUT2D eigenvalue weighted by Gasteiger charge is -2.14. The Bertz CT molecular complexity index is 2890. The molecule has 0 aliphatic rings. The molecular weight excluding hydrogens is 637 g/mol. The normalized spacial score (nSPS) is 11.5. The molecule has 3 heteroatoms. The van der Waals surface area contributed by atoms with Crippen molar-refractivity contribution in [3.63, 3.8) is 0 Å². The lowest BCUT2D eigenvalue weighted by atomic mass is 9.93. The third kappa shape index (κ3) is 5.18. The van der Waals surface area contributed by atoms with E-state index in [-0.39, 0.29) is 0 Å². The van der Waals surface area contributed by atoms with Crippen LogP contribution in [0.25, 0.3) is 97.9 Å². The van der Waals surface area contributed by atoms with Crippen molar-refractivity contribution in [1.29, 1.82) is 0 Å². The fourth-order valence-electron chi connectivity index (χ4n) is 7.37. The largest absolute Gasteiger partial charge is 0.228 e. The van der Waals surface area contributed by atoms with E-state index in [2.05, 4.69) is 176 Å². The first-order chi connectivity index (χ1) is 25.3. The third-order valence-electron chi connectivity index (χ3n) is 9.87. The van der Waals surface area contributed by atoms with E-state index in [1.165, 1.54) is 64.0 Å². The van der Waals surface area contributed by atoms with E-state index >= 15 is 0 Å². The summed E-state index contributed by atoms with van der Waals surface area (Å²) in [6.45, 7) is 0. The van der Waals surface area contributed by atoms with E-state index in [1.54, 1.807) is 0 Å². The Hall–Kier alpha value is -6.42. The van der Waals surface area contributed by atoms with Crippen LogP contribution in [0.2, 0.25) is 0 Å². The lowest BCUT2D eigenvalue weighted by molar-refractivity contribution is 1.19. The van der Waals surface area contributed by atoms with Crippen LogP contribution in [0.1, 0.15) is 0 Å².